The second-order valence-electron chi connectivity index (χ2n) is 4.96. The van der Waals surface area contributed by atoms with Crippen LogP contribution in [-0.4, -0.2) is 11.0 Å². The fraction of sp³-hybridized carbons (Fsp3) is 0.438. The number of esters is 1. The van der Waals surface area contributed by atoms with Crippen molar-refractivity contribution in [1.29, 1.82) is 0 Å². The van der Waals surface area contributed by atoms with Crippen LogP contribution in [-0.2, 0) is 4.79 Å². The van der Waals surface area contributed by atoms with Crippen molar-refractivity contribution in [3.8, 4) is 5.75 Å². The molecule has 0 atom stereocenters. The van der Waals surface area contributed by atoms with E-state index >= 15 is 0 Å². The zero-order chi connectivity index (χ0) is 15.1. The molecule has 0 aliphatic heterocycles. The Labute approximate surface area is 122 Å². The largest absolute Gasteiger partial charge is 0.427 e. The van der Waals surface area contributed by atoms with Crippen LogP contribution in [0.1, 0.15) is 45.4 Å². The van der Waals surface area contributed by atoms with Crippen molar-refractivity contribution in [2.45, 2.75) is 45.4 Å². The van der Waals surface area contributed by atoms with Crippen molar-refractivity contribution in [1.82, 2.24) is 4.98 Å². The van der Waals surface area contributed by atoms with Crippen LogP contribution >= 0.6 is 0 Å². The van der Waals surface area contributed by atoms with Gasteiger partial charge in [-0.3, -0.25) is 4.79 Å². The number of carbonyl (C=O) groups excluding carboxylic acids is 1. The molecule has 2 rings (SSSR count). The average molecular weight is 289 g/mol. The van der Waals surface area contributed by atoms with Gasteiger partial charge >= 0.3 is 11.6 Å². The molecule has 0 unspecified atom stereocenters. The van der Waals surface area contributed by atoms with Gasteiger partial charge in [-0.15, -0.1) is 0 Å². The van der Waals surface area contributed by atoms with Gasteiger partial charge in [0, 0.05) is 6.42 Å². The van der Waals surface area contributed by atoms with Crippen LogP contribution in [0, 0.1) is 0 Å². The Hall–Kier alpha value is -2.17. The monoisotopic (exact) mass is 289 g/mol. The fourth-order valence-corrected chi connectivity index (χ4v) is 2.10. The third-order valence-corrected chi connectivity index (χ3v) is 3.26. The minimum Gasteiger partial charge on any atom is -0.427 e. The molecular formula is C16H19NO4. The molecule has 21 heavy (non-hydrogen) atoms. The van der Waals surface area contributed by atoms with Gasteiger partial charge in [0.15, 0.2) is 6.39 Å². The van der Waals surface area contributed by atoms with Crippen molar-refractivity contribution >= 4 is 16.9 Å². The van der Waals surface area contributed by atoms with E-state index in [1.54, 1.807) is 12.1 Å². The Bertz CT molecular complexity index is 663. The number of ether oxygens (including phenoxy) is 1. The van der Waals surface area contributed by atoms with Gasteiger partial charge in [0.1, 0.15) is 5.75 Å². The highest BCUT2D eigenvalue weighted by atomic mass is 16.5. The summed E-state index contributed by atoms with van der Waals surface area (Å²) in [6.07, 6.45) is 6.88. The minimum atomic E-state index is -0.488. The van der Waals surface area contributed by atoms with E-state index in [0.29, 0.717) is 23.1 Å². The van der Waals surface area contributed by atoms with E-state index in [0.717, 1.165) is 25.7 Å². The smallest absolute Gasteiger partial charge is 0.346 e. The third-order valence-electron chi connectivity index (χ3n) is 3.26. The van der Waals surface area contributed by atoms with Crippen LogP contribution in [0.3, 0.4) is 0 Å². The van der Waals surface area contributed by atoms with Crippen molar-refractivity contribution in [3.05, 3.63) is 35.0 Å². The molecule has 0 saturated carbocycles. The number of hydrogen-bond donors (Lipinski definition) is 0. The normalized spacial score (nSPS) is 10.7. The van der Waals surface area contributed by atoms with E-state index in [1.807, 2.05) is 0 Å². The van der Waals surface area contributed by atoms with Gasteiger partial charge in [0.05, 0.1) is 10.9 Å². The second kappa shape index (κ2) is 7.57. The number of rotatable bonds is 7. The van der Waals surface area contributed by atoms with E-state index in [2.05, 4.69) is 11.9 Å². The molecule has 0 N–H and O–H groups in total. The third kappa shape index (κ3) is 4.41. The van der Waals surface area contributed by atoms with Crippen molar-refractivity contribution in [2.75, 3.05) is 0 Å². The summed E-state index contributed by atoms with van der Waals surface area (Å²) in [5.41, 5.74) is 0.0306. The van der Waals surface area contributed by atoms with Gasteiger partial charge in [0.25, 0.3) is 0 Å². The predicted octanol–water partition coefficient (Wildman–Crippen LogP) is 3.45. The highest BCUT2D eigenvalue weighted by Crippen LogP contribution is 2.17. The lowest BCUT2D eigenvalue weighted by molar-refractivity contribution is -0.134. The molecule has 1 aromatic heterocycles. The summed E-state index contributed by atoms with van der Waals surface area (Å²) < 4.78 is 9.93. The SMILES string of the molecule is CCCCCCCC(=O)Oc1ccc2ncoc(=O)c2c1. The van der Waals surface area contributed by atoms with E-state index < -0.39 is 5.63 Å². The quantitative estimate of drug-likeness (QED) is 0.443. The summed E-state index contributed by atoms with van der Waals surface area (Å²) in [4.78, 5) is 27.2. The van der Waals surface area contributed by atoms with Crippen LogP contribution in [0.2, 0.25) is 0 Å². The molecule has 5 heteroatoms. The zero-order valence-corrected chi connectivity index (χ0v) is 12.1. The Morgan fingerprint density at radius 1 is 1.24 bits per heavy atom. The van der Waals surface area contributed by atoms with Crippen molar-refractivity contribution < 1.29 is 13.9 Å². The van der Waals surface area contributed by atoms with E-state index in [9.17, 15) is 9.59 Å². The molecule has 0 saturated heterocycles. The van der Waals surface area contributed by atoms with Gasteiger partial charge in [-0.2, -0.15) is 0 Å². The molecule has 5 nitrogen and oxygen atoms in total. The molecule has 112 valence electrons. The number of hydrogen-bond acceptors (Lipinski definition) is 5. The summed E-state index contributed by atoms with van der Waals surface area (Å²) in [6.45, 7) is 2.15. The lowest BCUT2D eigenvalue weighted by Crippen LogP contribution is -2.08. The summed E-state index contributed by atoms with van der Waals surface area (Å²) in [6, 6.07) is 4.75. The molecule has 1 aromatic carbocycles. The van der Waals surface area contributed by atoms with Gasteiger partial charge in [-0.1, -0.05) is 32.6 Å². The molecular weight excluding hydrogens is 270 g/mol. The predicted molar refractivity (Wildman–Crippen MR) is 79.3 cm³/mol. The maximum atomic E-state index is 11.7. The molecule has 0 fully saturated rings. The highest BCUT2D eigenvalue weighted by Gasteiger charge is 2.07. The van der Waals surface area contributed by atoms with Crippen molar-refractivity contribution in [3.63, 3.8) is 0 Å². The summed E-state index contributed by atoms with van der Waals surface area (Å²) in [5.74, 6) is 0.0699. The number of benzene rings is 1. The number of aromatic nitrogens is 1. The maximum absolute atomic E-state index is 11.7. The standard InChI is InChI=1S/C16H19NO4/c1-2-3-4-5-6-7-15(18)21-12-8-9-14-13(10-12)16(19)20-11-17-14/h8-11H,2-7H2,1H3. The van der Waals surface area contributed by atoms with E-state index in [1.165, 1.54) is 18.9 Å². The lowest BCUT2D eigenvalue weighted by atomic mass is 10.1. The zero-order valence-electron chi connectivity index (χ0n) is 12.1. The van der Waals surface area contributed by atoms with E-state index in [-0.39, 0.29) is 5.97 Å². The first-order valence-electron chi connectivity index (χ1n) is 7.29. The first kappa shape index (κ1) is 15.2. The van der Waals surface area contributed by atoms with Crippen LogP contribution in [0.4, 0.5) is 0 Å². The highest BCUT2D eigenvalue weighted by molar-refractivity contribution is 5.80. The number of nitrogens with zero attached hydrogens (tertiary/aromatic N) is 1. The van der Waals surface area contributed by atoms with Crippen LogP contribution in [0.25, 0.3) is 10.9 Å². The Morgan fingerprint density at radius 3 is 2.86 bits per heavy atom. The first-order chi connectivity index (χ1) is 10.2. The molecule has 0 spiro atoms. The number of carbonyl (C=O) groups is 1. The molecule has 1 heterocycles. The summed E-state index contributed by atoms with van der Waals surface area (Å²) in [7, 11) is 0. The lowest BCUT2D eigenvalue weighted by Gasteiger charge is -2.05. The van der Waals surface area contributed by atoms with Crippen LogP contribution in [0.15, 0.2) is 33.8 Å². The first-order valence-corrected chi connectivity index (χ1v) is 7.29. The topological polar surface area (TPSA) is 69.4 Å². The molecule has 2 aromatic rings. The van der Waals surface area contributed by atoms with E-state index in [4.69, 9.17) is 9.15 Å². The summed E-state index contributed by atoms with van der Waals surface area (Å²) >= 11 is 0. The number of unbranched alkanes of at least 4 members (excludes halogenated alkanes) is 4. The number of fused-ring (bicyclic) bond motifs is 1. The Morgan fingerprint density at radius 2 is 2.05 bits per heavy atom. The molecule has 0 amide bonds. The van der Waals surface area contributed by atoms with Crippen LogP contribution < -0.4 is 10.4 Å². The van der Waals surface area contributed by atoms with Crippen molar-refractivity contribution in [2.24, 2.45) is 0 Å². The molecule has 0 aliphatic carbocycles. The molecule has 0 aliphatic rings. The average Bonchev–Trinajstić information content (AvgIpc) is 2.48. The second-order valence-corrected chi connectivity index (χ2v) is 4.96. The van der Waals surface area contributed by atoms with Gasteiger partial charge in [-0.05, 0) is 24.6 Å². The van der Waals surface area contributed by atoms with Gasteiger partial charge in [0.2, 0.25) is 0 Å². The maximum Gasteiger partial charge on any atom is 0.346 e. The van der Waals surface area contributed by atoms with Crippen LogP contribution in [0.5, 0.6) is 5.75 Å². The Balaban J connectivity index is 1.92. The van der Waals surface area contributed by atoms with Gasteiger partial charge < -0.3 is 9.15 Å². The molecule has 0 bridgehead atoms. The van der Waals surface area contributed by atoms with Gasteiger partial charge in [-0.25, -0.2) is 9.78 Å². The molecule has 0 radical (unpaired) electrons. The fourth-order valence-electron chi connectivity index (χ4n) is 2.10. The minimum absolute atomic E-state index is 0.279. The Kier molecular flexibility index (Phi) is 5.49. The summed E-state index contributed by atoms with van der Waals surface area (Å²) in [5, 5.41) is 0.311.